The van der Waals surface area contributed by atoms with Gasteiger partial charge in [-0.25, -0.2) is 9.59 Å². The fourth-order valence-electron chi connectivity index (χ4n) is 0.447. The van der Waals surface area contributed by atoms with Crippen LogP contribution in [0.1, 0.15) is 0 Å². The van der Waals surface area contributed by atoms with Gasteiger partial charge in [0.05, 0.1) is 0 Å². The standard InChI is InChI=1S/C8H9NO5/c1-3-5(10)13-8(7(9)12)14-6(11)4-2/h3-4,8H,1-2H2,(H2,9,12). The van der Waals surface area contributed by atoms with Crippen LogP contribution in [0.5, 0.6) is 0 Å². The molecule has 0 rings (SSSR count). The first-order chi connectivity index (χ1) is 6.51. The summed E-state index contributed by atoms with van der Waals surface area (Å²) in [4.78, 5) is 31.9. The topological polar surface area (TPSA) is 95.7 Å². The number of primary amides is 1. The maximum atomic E-state index is 10.6. The van der Waals surface area contributed by atoms with Crippen LogP contribution in [0.15, 0.2) is 25.3 Å². The summed E-state index contributed by atoms with van der Waals surface area (Å²) in [6.45, 7) is 6.17. The van der Waals surface area contributed by atoms with Gasteiger partial charge in [0.2, 0.25) is 0 Å². The highest BCUT2D eigenvalue weighted by Crippen LogP contribution is 1.96. The van der Waals surface area contributed by atoms with Gasteiger partial charge in [-0.05, 0) is 0 Å². The highest BCUT2D eigenvalue weighted by atomic mass is 16.7. The minimum Gasteiger partial charge on any atom is -0.412 e. The number of hydrogen-bond donors (Lipinski definition) is 1. The smallest absolute Gasteiger partial charge is 0.333 e. The second-order valence-corrected chi connectivity index (χ2v) is 2.02. The number of amides is 1. The molecule has 0 radical (unpaired) electrons. The molecule has 0 aliphatic carbocycles. The molecule has 0 heterocycles. The zero-order chi connectivity index (χ0) is 11.1. The molecule has 6 heteroatoms. The van der Waals surface area contributed by atoms with Crippen molar-refractivity contribution < 1.29 is 23.9 Å². The molecule has 14 heavy (non-hydrogen) atoms. The molecule has 0 aliphatic heterocycles. The number of rotatable bonds is 5. The summed E-state index contributed by atoms with van der Waals surface area (Å²) >= 11 is 0. The fraction of sp³-hybridized carbons (Fsp3) is 0.125. The Balaban J connectivity index is 4.37. The third-order valence-corrected chi connectivity index (χ3v) is 1.01. The van der Waals surface area contributed by atoms with Crippen molar-refractivity contribution in [1.29, 1.82) is 0 Å². The van der Waals surface area contributed by atoms with E-state index in [4.69, 9.17) is 5.73 Å². The van der Waals surface area contributed by atoms with Crippen LogP contribution >= 0.6 is 0 Å². The van der Waals surface area contributed by atoms with Gasteiger partial charge in [-0.2, -0.15) is 0 Å². The average molecular weight is 199 g/mol. The van der Waals surface area contributed by atoms with Crippen molar-refractivity contribution in [3.05, 3.63) is 25.3 Å². The molecule has 0 saturated heterocycles. The lowest BCUT2D eigenvalue weighted by Gasteiger charge is -2.12. The largest absolute Gasteiger partial charge is 0.412 e. The predicted octanol–water partition coefficient (Wildman–Crippen LogP) is -0.744. The van der Waals surface area contributed by atoms with Gasteiger partial charge in [0.15, 0.2) is 0 Å². The number of esters is 2. The van der Waals surface area contributed by atoms with Gasteiger partial charge >= 0.3 is 18.2 Å². The van der Waals surface area contributed by atoms with Crippen molar-refractivity contribution in [1.82, 2.24) is 0 Å². The molecule has 0 unspecified atom stereocenters. The van der Waals surface area contributed by atoms with E-state index in [-0.39, 0.29) is 0 Å². The van der Waals surface area contributed by atoms with E-state index in [1.807, 2.05) is 0 Å². The van der Waals surface area contributed by atoms with Crippen molar-refractivity contribution in [2.24, 2.45) is 5.73 Å². The van der Waals surface area contributed by atoms with Gasteiger partial charge in [0, 0.05) is 12.2 Å². The van der Waals surface area contributed by atoms with Gasteiger partial charge < -0.3 is 15.2 Å². The van der Waals surface area contributed by atoms with E-state index in [9.17, 15) is 14.4 Å². The Morgan fingerprint density at radius 1 is 1.07 bits per heavy atom. The number of hydrogen-bond acceptors (Lipinski definition) is 5. The molecular formula is C8H9NO5. The molecule has 0 spiro atoms. The first-order valence-corrected chi connectivity index (χ1v) is 3.46. The molecule has 0 atom stereocenters. The van der Waals surface area contributed by atoms with E-state index in [0.717, 1.165) is 12.2 Å². The monoisotopic (exact) mass is 199 g/mol. The summed E-state index contributed by atoms with van der Waals surface area (Å²) in [5.74, 6) is -2.95. The summed E-state index contributed by atoms with van der Waals surface area (Å²) < 4.78 is 8.62. The SMILES string of the molecule is C=CC(=O)OC(OC(=O)C=C)C(N)=O. The van der Waals surface area contributed by atoms with Crippen LogP contribution < -0.4 is 5.73 Å². The number of nitrogens with two attached hydrogens (primary N) is 1. The summed E-state index contributed by atoms with van der Waals surface area (Å²) in [5.41, 5.74) is 4.78. The Morgan fingerprint density at radius 2 is 1.43 bits per heavy atom. The van der Waals surface area contributed by atoms with Crippen molar-refractivity contribution >= 4 is 17.8 Å². The molecule has 2 N–H and O–H groups in total. The van der Waals surface area contributed by atoms with Gasteiger partial charge in [0.1, 0.15) is 0 Å². The number of carbonyl (C=O) groups is 3. The fourth-order valence-corrected chi connectivity index (χ4v) is 0.447. The summed E-state index contributed by atoms with van der Waals surface area (Å²) in [5, 5.41) is 0. The van der Waals surface area contributed by atoms with E-state index in [1.165, 1.54) is 0 Å². The van der Waals surface area contributed by atoms with Gasteiger partial charge in [-0.1, -0.05) is 13.2 Å². The summed E-state index contributed by atoms with van der Waals surface area (Å²) in [6, 6.07) is 0. The van der Waals surface area contributed by atoms with Crippen LogP contribution in [-0.2, 0) is 23.9 Å². The Morgan fingerprint density at radius 3 is 1.64 bits per heavy atom. The second kappa shape index (κ2) is 5.52. The summed E-state index contributed by atoms with van der Waals surface area (Å²) in [6.07, 6.45) is -0.152. The molecule has 0 aromatic rings. The molecule has 0 saturated carbocycles. The minimum absolute atomic E-state index is 0.803. The van der Waals surface area contributed by atoms with Gasteiger partial charge in [-0.3, -0.25) is 4.79 Å². The van der Waals surface area contributed by atoms with Crippen molar-refractivity contribution in [2.75, 3.05) is 0 Å². The van der Waals surface area contributed by atoms with Crippen LogP contribution in [0.2, 0.25) is 0 Å². The molecule has 0 aliphatic rings. The zero-order valence-corrected chi connectivity index (χ0v) is 7.26. The lowest BCUT2D eigenvalue weighted by molar-refractivity contribution is -0.185. The molecule has 6 nitrogen and oxygen atoms in total. The van der Waals surface area contributed by atoms with E-state index in [0.29, 0.717) is 0 Å². The highest BCUT2D eigenvalue weighted by Gasteiger charge is 2.22. The van der Waals surface area contributed by atoms with Crippen LogP contribution in [0.25, 0.3) is 0 Å². The lowest BCUT2D eigenvalue weighted by Crippen LogP contribution is -2.36. The third-order valence-electron chi connectivity index (χ3n) is 1.01. The lowest BCUT2D eigenvalue weighted by atomic mass is 10.5. The Bertz CT molecular complexity index is 261. The van der Waals surface area contributed by atoms with E-state index in [1.54, 1.807) is 0 Å². The maximum Gasteiger partial charge on any atom is 0.333 e. The third kappa shape index (κ3) is 4.05. The quantitative estimate of drug-likeness (QED) is 0.357. The average Bonchev–Trinajstić information content (AvgIpc) is 2.16. The van der Waals surface area contributed by atoms with E-state index in [2.05, 4.69) is 22.6 Å². The van der Waals surface area contributed by atoms with Crippen LogP contribution in [0, 0.1) is 0 Å². The number of carbonyl (C=O) groups excluding carboxylic acids is 3. The normalized spacial score (nSPS) is 8.93. The Labute approximate surface area is 80.0 Å². The van der Waals surface area contributed by atoms with Crippen molar-refractivity contribution in [3.63, 3.8) is 0 Å². The Hall–Kier alpha value is -2.11. The molecule has 0 bridgehead atoms. The zero-order valence-electron chi connectivity index (χ0n) is 7.26. The van der Waals surface area contributed by atoms with E-state index < -0.39 is 24.1 Å². The van der Waals surface area contributed by atoms with E-state index >= 15 is 0 Å². The molecular weight excluding hydrogens is 190 g/mol. The van der Waals surface area contributed by atoms with Crippen LogP contribution in [-0.4, -0.2) is 24.1 Å². The number of ether oxygens (including phenoxy) is 2. The minimum atomic E-state index is -1.76. The summed E-state index contributed by atoms with van der Waals surface area (Å²) in [7, 11) is 0. The van der Waals surface area contributed by atoms with Crippen molar-refractivity contribution in [3.8, 4) is 0 Å². The van der Waals surface area contributed by atoms with Gasteiger partial charge in [-0.15, -0.1) is 0 Å². The Kier molecular flexibility index (Phi) is 4.69. The first-order valence-electron chi connectivity index (χ1n) is 3.46. The highest BCUT2D eigenvalue weighted by molar-refractivity contribution is 5.88. The predicted molar refractivity (Wildman–Crippen MR) is 45.6 cm³/mol. The first kappa shape index (κ1) is 11.9. The molecule has 76 valence electrons. The molecule has 0 aromatic heterocycles. The van der Waals surface area contributed by atoms with Crippen LogP contribution in [0.3, 0.4) is 0 Å². The maximum absolute atomic E-state index is 10.6. The molecule has 0 fully saturated rings. The van der Waals surface area contributed by atoms with Crippen LogP contribution in [0.4, 0.5) is 0 Å². The molecule has 1 amide bonds. The van der Waals surface area contributed by atoms with Crippen molar-refractivity contribution in [2.45, 2.75) is 6.29 Å². The molecule has 0 aromatic carbocycles. The second-order valence-electron chi connectivity index (χ2n) is 2.02. The van der Waals surface area contributed by atoms with Gasteiger partial charge in [0.25, 0.3) is 5.91 Å².